The summed E-state index contributed by atoms with van der Waals surface area (Å²) in [6.07, 6.45) is 1.20. The van der Waals surface area contributed by atoms with E-state index in [1.54, 1.807) is 13.0 Å². The van der Waals surface area contributed by atoms with Gasteiger partial charge in [-0.15, -0.1) is 0 Å². The van der Waals surface area contributed by atoms with Crippen molar-refractivity contribution in [1.29, 1.82) is 0 Å². The van der Waals surface area contributed by atoms with Crippen LogP contribution in [0.2, 0.25) is 0 Å². The van der Waals surface area contributed by atoms with Crippen molar-refractivity contribution in [1.82, 2.24) is 5.32 Å². The molecule has 0 aromatic heterocycles. The number of nitrogens with one attached hydrogen (secondary N) is 1. The standard InChI is InChI=1S/C11H15BrFNO2S/c1-8(7-17(2,15)16)14-6-9-3-10(12)5-11(13)4-9/h3-5,8,14H,6-7H2,1-2H3. The zero-order valence-corrected chi connectivity index (χ0v) is 12.1. The summed E-state index contributed by atoms with van der Waals surface area (Å²) in [6.45, 7) is 2.22. The van der Waals surface area contributed by atoms with Crippen LogP contribution in [0.3, 0.4) is 0 Å². The molecule has 6 heteroatoms. The predicted octanol–water partition coefficient (Wildman–Crippen LogP) is 2.11. The molecule has 1 aromatic rings. The van der Waals surface area contributed by atoms with Gasteiger partial charge in [0, 0.05) is 23.3 Å². The van der Waals surface area contributed by atoms with Gasteiger partial charge in [0.15, 0.2) is 0 Å². The highest BCUT2D eigenvalue weighted by molar-refractivity contribution is 9.10. The van der Waals surface area contributed by atoms with Gasteiger partial charge in [-0.25, -0.2) is 12.8 Å². The lowest BCUT2D eigenvalue weighted by atomic mass is 10.2. The van der Waals surface area contributed by atoms with Gasteiger partial charge in [-0.2, -0.15) is 0 Å². The Kier molecular flexibility index (Phi) is 5.09. The average molecular weight is 324 g/mol. The second kappa shape index (κ2) is 5.93. The monoisotopic (exact) mass is 323 g/mol. The molecule has 0 aliphatic heterocycles. The van der Waals surface area contributed by atoms with Crippen LogP contribution in [0.15, 0.2) is 22.7 Å². The molecule has 0 saturated heterocycles. The lowest BCUT2D eigenvalue weighted by Crippen LogP contribution is -2.32. The lowest BCUT2D eigenvalue weighted by molar-refractivity contribution is 0.557. The summed E-state index contributed by atoms with van der Waals surface area (Å²) in [4.78, 5) is 0. The molecule has 0 saturated carbocycles. The first kappa shape index (κ1) is 14.6. The Morgan fingerprint density at radius 1 is 1.41 bits per heavy atom. The van der Waals surface area contributed by atoms with E-state index in [-0.39, 0.29) is 17.6 Å². The zero-order chi connectivity index (χ0) is 13.1. The molecule has 1 unspecified atom stereocenters. The van der Waals surface area contributed by atoms with Crippen LogP contribution in [0, 0.1) is 5.82 Å². The van der Waals surface area contributed by atoms with Crippen molar-refractivity contribution in [2.24, 2.45) is 0 Å². The first-order chi connectivity index (χ1) is 7.76. The minimum atomic E-state index is -2.99. The van der Waals surface area contributed by atoms with E-state index in [9.17, 15) is 12.8 Å². The Hall–Kier alpha value is -0.460. The Bertz CT molecular complexity index is 470. The minimum absolute atomic E-state index is 0.0729. The van der Waals surface area contributed by atoms with E-state index in [0.29, 0.717) is 11.0 Å². The maximum Gasteiger partial charge on any atom is 0.148 e. The molecular weight excluding hydrogens is 309 g/mol. The number of hydrogen-bond donors (Lipinski definition) is 1. The maximum absolute atomic E-state index is 13.1. The van der Waals surface area contributed by atoms with Gasteiger partial charge in [0.25, 0.3) is 0 Å². The normalized spacial score (nSPS) is 13.6. The molecule has 0 heterocycles. The molecule has 1 aromatic carbocycles. The molecule has 0 bridgehead atoms. The van der Waals surface area contributed by atoms with Crippen LogP contribution < -0.4 is 5.32 Å². The molecule has 3 nitrogen and oxygen atoms in total. The van der Waals surface area contributed by atoms with Crippen LogP contribution >= 0.6 is 15.9 Å². The maximum atomic E-state index is 13.1. The molecule has 17 heavy (non-hydrogen) atoms. The largest absolute Gasteiger partial charge is 0.309 e. The summed E-state index contributed by atoms with van der Waals surface area (Å²) in [5, 5.41) is 3.04. The second-order valence-corrected chi connectivity index (χ2v) is 7.25. The fourth-order valence-corrected chi connectivity index (χ4v) is 3.06. The Balaban J connectivity index is 2.55. The summed E-state index contributed by atoms with van der Waals surface area (Å²) in [5.74, 6) is -0.240. The number of halogens is 2. The number of hydrogen-bond acceptors (Lipinski definition) is 3. The summed E-state index contributed by atoms with van der Waals surface area (Å²) in [7, 11) is -2.99. The van der Waals surface area contributed by atoms with Gasteiger partial charge in [-0.05, 0) is 30.7 Å². The van der Waals surface area contributed by atoms with E-state index in [4.69, 9.17) is 0 Å². The second-order valence-electron chi connectivity index (χ2n) is 4.15. The Morgan fingerprint density at radius 3 is 2.59 bits per heavy atom. The molecule has 0 amide bonds. The van der Waals surface area contributed by atoms with E-state index in [2.05, 4.69) is 21.2 Å². The van der Waals surface area contributed by atoms with E-state index in [0.717, 1.165) is 5.56 Å². The average Bonchev–Trinajstić information content (AvgIpc) is 2.10. The Labute approximate surface area is 109 Å². The molecule has 96 valence electrons. The third-order valence-electron chi connectivity index (χ3n) is 2.13. The van der Waals surface area contributed by atoms with Gasteiger partial charge < -0.3 is 5.32 Å². The fourth-order valence-electron chi connectivity index (χ4n) is 1.52. The number of rotatable bonds is 5. The smallest absolute Gasteiger partial charge is 0.148 e. The zero-order valence-electron chi connectivity index (χ0n) is 9.70. The number of sulfone groups is 1. The van der Waals surface area contributed by atoms with Crippen LogP contribution in [0.5, 0.6) is 0 Å². The van der Waals surface area contributed by atoms with Crippen molar-refractivity contribution in [2.45, 2.75) is 19.5 Å². The van der Waals surface area contributed by atoms with Gasteiger partial charge in [0.05, 0.1) is 5.75 Å². The molecule has 1 rings (SSSR count). The van der Waals surface area contributed by atoms with Crippen LogP contribution in [-0.4, -0.2) is 26.5 Å². The van der Waals surface area contributed by atoms with Crippen molar-refractivity contribution < 1.29 is 12.8 Å². The van der Waals surface area contributed by atoms with E-state index >= 15 is 0 Å². The van der Waals surface area contributed by atoms with Gasteiger partial charge in [-0.1, -0.05) is 15.9 Å². The van der Waals surface area contributed by atoms with Gasteiger partial charge in [0.2, 0.25) is 0 Å². The van der Waals surface area contributed by atoms with Crippen molar-refractivity contribution in [3.63, 3.8) is 0 Å². The third-order valence-corrected chi connectivity index (χ3v) is 3.69. The van der Waals surface area contributed by atoms with Crippen LogP contribution in [-0.2, 0) is 16.4 Å². The lowest BCUT2D eigenvalue weighted by Gasteiger charge is -2.12. The first-order valence-corrected chi connectivity index (χ1v) is 7.98. The summed E-state index contributed by atoms with van der Waals surface area (Å²) in [6, 6.07) is 4.43. The van der Waals surface area contributed by atoms with Crippen LogP contribution in [0.1, 0.15) is 12.5 Å². The quantitative estimate of drug-likeness (QED) is 0.902. The van der Waals surface area contributed by atoms with Crippen molar-refractivity contribution in [3.8, 4) is 0 Å². The molecular formula is C11H15BrFNO2S. The van der Waals surface area contributed by atoms with Crippen molar-refractivity contribution >= 4 is 25.8 Å². The predicted molar refractivity (Wildman–Crippen MR) is 70.1 cm³/mol. The van der Waals surface area contributed by atoms with Crippen LogP contribution in [0.25, 0.3) is 0 Å². The number of benzene rings is 1. The molecule has 1 atom stereocenters. The third kappa shape index (κ3) is 6.14. The Morgan fingerprint density at radius 2 is 2.06 bits per heavy atom. The van der Waals surface area contributed by atoms with E-state index < -0.39 is 9.84 Å². The van der Waals surface area contributed by atoms with Gasteiger partial charge in [-0.3, -0.25) is 0 Å². The first-order valence-electron chi connectivity index (χ1n) is 5.12. The summed E-state index contributed by atoms with van der Waals surface area (Å²) < 4.78 is 35.8. The molecule has 0 spiro atoms. The molecule has 0 radical (unpaired) electrons. The minimum Gasteiger partial charge on any atom is -0.309 e. The van der Waals surface area contributed by atoms with E-state index in [1.165, 1.54) is 18.4 Å². The molecule has 0 aliphatic rings. The van der Waals surface area contributed by atoms with Crippen molar-refractivity contribution in [2.75, 3.05) is 12.0 Å². The molecule has 0 fully saturated rings. The molecule has 0 aliphatic carbocycles. The van der Waals surface area contributed by atoms with Gasteiger partial charge in [0.1, 0.15) is 15.7 Å². The van der Waals surface area contributed by atoms with E-state index in [1.807, 2.05) is 0 Å². The summed E-state index contributed by atoms with van der Waals surface area (Å²) in [5.41, 5.74) is 0.775. The highest BCUT2D eigenvalue weighted by Crippen LogP contribution is 2.14. The molecule has 1 N–H and O–H groups in total. The van der Waals surface area contributed by atoms with Crippen LogP contribution in [0.4, 0.5) is 4.39 Å². The SMILES string of the molecule is CC(CS(C)(=O)=O)NCc1cc(F)cc(Br)c1. The van der Waals surface area contributed by atoms with Gasteiger partial charge >= 0.3 is 0 Å². The van der Waals surface area contributed by atoms with Crippen molar-refractivity contribution in [3.05, 3.63) is 34.1 Å². The highest BCUT2D eigenvalue weighted by Gasteiger charge is 2.10. The highest BCUT2D eigenvalue weighted by atomic mass is 79.9. The fraction of sp³-hybridized carbons (Fsp3) is 0.455. The summed E-state index contributed by atoms with van der Waals surface area (Å²) >= 11 is 3.21. The topological polar surface area (TPSA) is 46.2 Å².